The highest BCUT2D eigenvalue weighted by Crippen LogP contribution is 2.20. The Morgan fingerprint density at radius 1 is 1.38 bits per heavy atom. The Balaban J connectivity index is 1.36. The number of carbonyl (C=O) groups is 1. The number of nitrogens with zero attached hydrogens (tertiary/aromatic N) is 5. The van der Waals surface area contributed by atoms with Gasteiger partial charge in [0.2, 0.25) is 11.6 Å². The summed E-state index contributed by atoms with van der Waals surface area (Å²) in [5.41, 5.74) is 1.30. The van der Waals surface area contributed by atoms with Crippen molar-refractivity contribution in [1.29, 1.82) is 0 Å². The minimum atomic E-state index is -0.483. The average Bonchev–Trinajstić information content (AvgIpc) is 3.15. The van der Waals surface area contributed by atoms with Crippen LogP contribution in [-0.2, 0) is 9.53 Å². The van der Waals surface area contributed by atoms with Crippen molar-refractivity contribution in [1.82, 2.24) is 25.0 Å². The fourth-order valence-corrected chi connectivity index (χ4v) is 3.16. The highest BCUT2D eigenvalue weighted by atomic mass is 35.5. The van der Waals surface area contributed by atoms with Crippen LogP contribution in [0, 0.1) is 5.82 Å². The monoisotopic (exact) mass is 417 g/mol. The van der Waals surface area contributed by atoms with Crippen LogP contribution in [0.2, 0.25) is 5.02 Å². The molecule has 1 saturated heterocycles. The number of carbonyl (C=O) groups excluding carboxylic acids is 1. The molecule has 0 bridgehead atoms. The average molecular weight is 418 g/mol. The predicted octanol–water partition coefficient (Wildman–Crippen LogP) is 1.99. The first-order valence-electron chi connectivity index (χ1n) is 8.94. The van der Waals surface area contributed by atoms with Gasteiger partial charge in [-0.15, -0.1) is 5.10 Å². The van der Waals surface area contributed by atoms with E-state index in [2.05, 4.69) is 15.3 Å². The van der Waals surface area contributed by atoms with Gasteiger partial charge in [0.05, 0.1) is 18.2 Å². The van der Waals surface area contributed by atoms with Crippen LogP contribution < -0.4 is 4.84 Å². The van der Waals surface area contributed by atoms with Gasteiger partial charge in [-0.3, -0.25) is 4.79 Å². The number of hydrogen-bond donors (Lipinski definition) is 0. The van der Waals surface area contributed by atoms with Crippen LogP contribution in [0.4, 0.5) is 4.39 Å². The largest absolute Gasteiger partial charge is 0.391 e. The van der Waals surface area contributed by atoms with Crippen LogP contribution in [0.1, 0.15) is 5.56 Å². The lowest BCUT2D eigenvalue weighted by atomic mass is 10.2. The Kier molecular flexibility index (Phi) is 5.68. The number of halogens is 2. The summed E-state index contributed by atoms with van der Waals surface area (Å²) >= 11 is 5.98. The number of aromatic nitrogens is 4. The van der Waals surface area contributed by atoms with Gasteiger partial charge in [-0.2, -0.15) is 0 Å². The second kappa shape index (κ2) is 8.54. The lowest BCUT2D eigenvalue weighted by Gasteiger charge is -2.31. The van der Waals surface area contributed by atoms with E-state index in [1.54, 1.807) is 29.3 Å². The molecule has 4 rings (SSSR count). The molecule has 1 aliphatic rings. The first-order valence-corrected chi connectivity index (χ1v) is 9.32. The molecule has 0 radical (unpaired) electrons. The quantitative estimate of drug-likeness (QED) is 0.590. The molecular formula is C19H17ClFN5O3. The third kappa shape index (κ3) is 4.36. The van der Waals surface area contributed by atoms with Crippen molar-refractivity contribution >= 4 is 34.7 Å². The lowest BCUT2D eigenvalue weighted by Crippen LogP contribution is -2.47. The molecule has 150 valence electrons. The molecule has 0 saturated carbocycles. The van der Waals surface area contributed by atoms with Gasteiger partial charge in [-0.25, -0.2) is 9.37 Å². The summed E-state index contributed by atoms with van der Waals surface area (Å²) < 4.78 is 19.5. The molecule has 1 unspecified atom stereocenters. The Labute approximate surface area is 170 Å². The maximum atomic E-state index is 13.8. The Morgan fingerprint density at radius 2 is 2.28 bits per heavy atom. The van der Waals surface area contributed by atoms with Crippen LogP contribution in [-0.4, -0.2) is 63.4 Å². The van der Waals surface area contributed by atoms with Crippen molar-refractivity contribution < 1.29 is 18.8 Å². The van der Waals surface area contributed by atoms with E-state index in [-0.39, 0.29) is 29.2 Å². The molecule has 10 heteroatoms. The molecule has 1 fully saturated rings. The van der Waals surface area contributed by atoms with Crippen molar-refractivity contribution in [2.45, 2.75) is 6.10 Å². The van der Waals surface area contributed by atoms with E-state index in [0.29, 0.717) is 30.9 Å². The summed E-state index contributed by atoms with van der Waals surface area (Å²) in [6, 6.07) is 7.91. The highest BCUT2D eigenvalue weighted by Gasteiger charge is 2.24. The van der Waals surface area contributed by atoms with E-state index in [0.717, 1.165) is 0 Å². The summed E-state index contributed by atoms with van der Waals surface area (Å²) in [5.74, 6) is -0.742. The van der Waals surface area contributed by atoms with Crippen LogP contribution in [0.5, 0.6) is 0 Å². The van der Waals surface area contributed by atoms with E-state index in [4.69, 9.17) is 21.2 Å². The number of hydrogen-bond acceptors (Lipinski definition) is 6. The summed E-state index contributed by atoms with van der Waals surface area (Å²) in [6.45, 7) is 1.29. The molecule has 29 heavy (non-hydrogen) atoms. The zero-order valence-electron chi connectivity index (χ0n) is 15.2. The highest BCUT2D eigenvalue weighted by molar-refractivity contribution is 6.32. The van der Waals surface area contributed by atoms with Crippen molar-refractivity contribution in [2.75, 3.05) is 26.3 Å². The second-order valence-corrected chi connectivity index (χ2v) is 6.76. The molecule has 2 aromatic heterocycles. The van der Waals surface area contributed by atoms with Gasteiger partial charge in [0.15, 0.2) is 0 Å². The van der Waals surface area contributed by atoms with E-state index < -0.39 is 5.82 Å². The maximum absolute atomic E-state index is 13.8. The lowest BCUT2D eigenvalue weighted by molar-refractivity contribution is -0.136. The number of amides is 1. The molecule has 0 aliphatic carbocycles. The zero-order chi connectivity index (χ0) is 20.2. The molecule has 1 aromatic carbocycles. The van der Waals surface area contributed by atoms with Gasteiger partial charge < -0.3 is 14.5 Å². The molecule has 3 heterocycles. The van der Waals surface area contributed by atoms with Gasteiger partial charge in [-0.1, -0.05) is 22.5 Å². The van der Waals surface area contributed by atoms with Crippen molar-refractivity contribution in [3.8, 4) is 0 Å². The molecular weight excluding hydrogens is 401 g/mol. The SMILES string of the molecule is O=C(C=Cc1c(F)cccc1Cl)N1CCOC(COn2nnc3cccnc32)C1. The summed E-state index contributed by atoms with van der Waals surface area (Å²) in [4.78, 5) is 25.1. The second-order valence-electron chi connectivity index (χ2n) is 6.35. The van der Waals surface area contributed by atoms with Crippen LogP contribution in [0.15, 0.2) is 42.6 Å². The third-order valence-electron chi connectivity index (χ3n) is 4.41. The van der Waals surface area contributed by atoms with E-state index in [1.807, 2.05) is 0 Å². The van der Waals surface area contributed by atoms with Gasteiger partial charge >= 0.3 is 0 Å². The minimum Gasteiger partial charge on any atom is -0.391 e. The fourth-order valence-electron chi connectivity index (χ4n) is 2.94. The number of ether oxygens (including phenoxy) is 1. The maximum Gasteiger partial charge on any atom is 0.246 e. The number of rotatable bonds is 5. The molecule has 8 nitrogen and oxygen atoms in total. The van der Waals surface area contributed by atoms with Crippen molar-refractivity contribution in [2.24, 2.45) is 0 Å². The predicted molar refractivity (Wildman–Crippen MR) is 104 cm³/mol. The standard InChI is InChI=1S/C19H17ClFN5O3/c20-15-3-1-4-16(21)14(15)6-7-18(27)25-9-10-28-13(11-25)12-29-26-19-17(23-24-26)5-2-8-22-19/h1-8,13H,9-12H2. The minimum absolute atomic E-state index is 0.168. The molecule has 1 aliphatic heterocycles. The molecule has 3 aromatic rings. The molecule has 1 atom stereocenters. The van der Waals surface area contributed by atoms with E-state index in [1.165, 1.54) is 29.1 Å². The first kappa shape index (κ1) is 19.3. The van der Waals surface area contributed by atoms with E-state index in [9.17, 15) is 9.18 Å². The number of benzene rings is 1. The topological polar surface area (TPSA) is 82.4 Å². The summed E-state index contributed by atoms with van der Waals surface area (Å²) in [5, 5.41) is 8.11. The van der Waals surface area contributed by atoms with Crippen molar-refractivity contribution in [3.63, 3.8) is 0 Å². The van der Waals surface area contributed by atoms with Gasteiger partial charge in [0.1, 0.15) is 24.0 Å². The van der Waals surface area contributed by atoms with Gasteiger partial charge in [-0.05, 0) is 35.6 Å². The molecule has 0 spiro atoms. The van der Waals surface area contributed by atoms with Gasteiger partial charge in [0, 0.05) is 24.4 Å². The van der Waals surface area contributed by atoms with E-state index >= 15 is 0 Å². The molecule has 0 N–H and O–H groups in total. The first-order chi connectivity index (χ1) is 14.1. The number of morpholine rings is 1. The van der Waals surface area contributed by atoms with Gasteiger partial charge in [0.25, 0.3) is 0 Å². The third-order valence-corrected chi connectivity index (χ3v) is 4.74. The Bertz CT molecular complexity index is 1040. The van der Waals surface area contributed by atoms with Crippen LogP contribution >= 0.6 is 11.6 Å². The number of pyridine rings is 1. The van der Waals surface area contributed by atoms with Crippen LogP contribution in [0.25, 0.3) is 17.2 Å². The Morgan fingerprint density at radius 3 is 3.14 bits per heavy atom. The van der Waals surface area contributed by atoms with Crippen molar-refractivity contribution in [3.05, 3.63) is 59.0 Å². The number of fused-ring (bicyclic) bond motifs is 1. The summed E-state index contributed by atoms with van der Waals surface area (Å²) in [7, 11) is 0. The summed E-state index contributed by atoms with van der Waals surface area (Å²) in [6.07, 6.45) is 3.97. The Hall–Kier alpha value is -3.04. The van der Waals surface area contributed by atoms with Crippen LogP contribution in [0.3, 0.4) is 0 Å². The normalized spacial score (nSPS) is 17.2. The fraction of sp³-hybridized carbons (Fsp3) is 0.263. The smallest absolute Gasteiger partial charge is 0.246 e. The zero-order valence-corrected chi connectivity index (χ0v) is 16.0. The molecule has 1 amide bonds.